The largest absolute Gasteiger partial charge is 0.390 e. The van der Waals surface area contributed by atoms with Crippen molar-refractivity contribution in [1.82, 2.24) is 15.1 Å². The Labute approximate surface area is 208 Å². The molecule has 0 bridgehead atoms. The van der Waals surface area contributed by atoms with Gasteiger partial charge in [0.2, 0.25) is 24.2 Å². The maximum atomic E-state index is 13.7. The van der Waals surface area contributed by atoms with E-state index in [0.29, 0.717) is 32.5 Å². The number of pyridine rings is 1. The number of aromatic nitrogens is 1. The summed E-state index contributed by atoms with van der Waals surface area (Å²) in [4.78, 5) is 31.3. The topological polar surface area (TPSA) is 97.0 Å². The van der Waals surface area contributed by atoms with E-state index in [-0.39, 0.29) is 30.1 Å². The lowest BCUT2D eigenvalue weighted by Gasteiger charge is -2.52. The zero-order valence-corrected chi connectivity index (χ0v) is 21.0. The fraction of sp³-hybridized carbons (Fsp3) is 0.720. The lowest BCUT2D eigenvalue weighted by molar-refractivity contribution is -0.904. The third kappa shape index (κ3) is 5.50. The third-order valence-electron chi connectivity index (χ3n) is 7.94. The second-order valence-electron chi connectivity index (χ2n) is 10.1. The lowest BCUT2D eigenvalue weighted by Crippen LogP contribution is -2.75. The van der Waals surface area contributed by atoms with Crippen molar-refractivity contribution in [2.24, 2.45) is 5.92 Å². The molecule has 4 rings (SSSR count). The van der Waals surface area contributed by atoms with Crippen LogP contribution in [0.25, 0.3) is 0 Å². The lowest BCUT2D eigenvalue weighted by atomic mass is 9.78. The highest BCUT2D eigenvalue weighted by molar-refractivity contribution is 6.00. The molecule has 34 heavy (non-hydrogen) atoms. The number of carbonyl (C=O) groups is 2. The first kappa shape index (κ1) is 26.7. The number of nitrogens with one attached hydrogen (secondary N) is 1. The Bertz CT molecular complexity index is 823. The zero-order valence-electron chi connectivity index (χ0n) is 20.2. The summed E-state index contributed by atoms with van der Waals surface area (Å²) >= 11 is 0. The van der Waals surface area contributed by atoms with Crippen LogP contribution < -0.4 is 10.0 Å². The van der Waals surface area contributed by atoms with Crippen molar-refractivity contribution in [1.29, 1.82) is 0 Å². The van der Waals surface area contributed by atoms with Crippen molar-refractivity contribution >= 4 is 24.2 Å². The summed E-state index contributed by atoms with van der Waals surface area (Å²) in [5, 5.41) is 23.5. The molecule has 8 nitrogen and oxygen atoms in total. The molecule has 2 amide bonds. The van der Waals surface area contributed by atoms with Gasteiger partial charge in [0.1, 0.15) is 11.6 Å². The molecule has 0 aromatic carbocycles. The third-order valence-corrected chi connectivity index (χ3v) is 7.94. The van der Waals surface area contributed by atoms with E-state index in [1.165, 1.54) is 6.42 Å². The molecular formula is C25H40ClN4O4+. The molecule has 190 valence electrons. The predicted molar refractivity (Wildman–Crippen MR) is 129 cm³/mol. The minimum Gasteiger partial charge on any atom is -0.390 e. The summed E-state index contributed by atoms with van der Waals surface area (Å²) in [5.41, 5.74) is 0.273. The van der Waals surface area contributed by atoms with E-state index in [0.717, 1.165) is 55.4 Å². The van der Waals surface area contributed by atoms with Gasteiger partial charge < -0.3 is 15.3 Å². The highest BCUT2D eigenvalue weighted by Crippen LogP contribution is 2.36. The number of halogens is 1. The van der Waals surface area contributed by atoms with Gasteiger partial charge in [0.15, 0.2) is 0 Å². The van der Waals surface area contributed by atoms with Gasteiger partial charge in [0.25, 0.3) is 0 Å². The van der Waals surface area contributed by atoms with Crippen LogP contribution >= 0.6 is 12.4 Å². The zero-order chi connectivity index (χ0) is 23.4. The Balaban J connectivity index is 0.00000324. The molecule has 0 radical (unpaired) electrons. The van der Waals surface area contributed by atoms with Crippen molar-refractivity contribution in [3.63, 3.8) is 0 Å². The van der Waals surface area contributed by atoms with Crippen LogP contribution in [0.2, 0.25) is 0 Å². The summed E-state index contributed by atoms with van der Waals surface area (Å²) < 4.78 is 1.02. The molecule has 1 aliphatic carbocycles. The summed E-state index contributed by atoms with van der Waals surface area (Å²) in [6, 6.07) is 2.94. The summed E-state index contributed by atoms with van der Waals surface area (Å²) in [5.74, 6) is -0.121. The standard InChI is InChI=1S/C25H38N4O4.ClH/c1-2-3-13-29-23(31)21(22(30)20-7-5-4-6-8-20)26-24(32)25(29)11-16-27(17-12-25)18-19-9-14-28(33)15-10-19;/h9-10,14-15,20-22,30H,2-8,11-13,16-18H2,1H3,(H-,26,32,33);1H/p+1/t21-,22-;/m1./s1. The fourth-order valence-corrected chi connectivity index (χ4v) is 5.85. The Morgan fingerprint density at radius 1 is 1.15 bits per heavy atom. The summed E-state index contributed by atoms with van der Waals surface area (Å²) in [6.07, 6.45) is 10.6. The first-order chi connectivity index (χ1) is 15.9. The highest BCUT2D eigenvalue weighted by Gasteiger charge is 2.55. The van der Waals surface area contributed by atoms with Gasteiger partial charge in [-0.2, -0.15) is 0 Å². The van der Waals surface area contributed by atoms with Crippen molar-refractivity contribution in [3.05, 3.63) is 30.1 Å². The Kier molecular flexibility index (Phi) is 9.18. The number of hydrogen-bond donors (Lipinski definition) is 3. The monoisotopic (exact) mass is 495 g/mol. The highest BCUT2D eigenvalue weighted by atomic mass is 35.5. The van der Waals surface area contributed by atoms with Gasteiger partial charge in [0, 0.05) is 43.0 Å². The number of aliphatic hydroxyl groups is 1. The molecule has 1 aromatic rings. The Morgan fingerprint density at radius 2 is 1.79 bits per heavy atom. The van der Waals surface area contributed by atoms with E-state index in [4.69, 9.17) is 0 Å². The Morgan fingerprint density at radius 3 is 2.41 bits per heavy atom. The van der Waals surface area contributed by atoms with E-state index in [1.807, 2.05) is 17.0 Å². The number of piperazine rings is 1. The molecule has 3 fully saturated rings. The Hall–Kier alpha value is -1.90. The van der Waals surface area contributed by atoms with Crippen molar-refractivity contribution < 1.29 is 24.6 Å². The predicted octanol–water partition coefficient (Wildman–Crippen LogP) is 2.04. The maximum absolute atomic E-state index is 13.7. The SMILES string of the molecule is CCCCN1C(=O)[C@@H]([C@H](O)C2CCCCC2)NC(=O)C12CCN(Cc1cc[n+](O)cc1)CC2.Cl. The number of hydrogen-bond acceptors (Lipinski definition) is 5. The molecule has 2 atom stereocenters. The van der Waals surface area contributed by atoms with Crippen LogP contribution in [-0.4, -0.2) is 69.2 Å². The van der Waals surface area contributed by atoms with E-state index >= 15 is 0 Å². The van der Waals surface area contributed by atoms with Crippen LogP contribution in [0.15, 0.2) is 24.5 Å². The van der Waals surface area contributed by atoms with Crippen molar-refractivity contribution in [2.45, 2.75) is 88.9 Å². The van der Waals surface area contributed by atoms with E-state index < -0.39 is 17.7 Å². The molecule has 1 spiro atoms. The molecule has 3 heterocycles. The molecule has 0 unspecified atom stereocenters. The molecule has 1 saturated carbocycles. The molecule has 2 aliphatic heterocycles. The van der Waals surface area contributed by atoms with Gasteiger partial charge in [-0.1, -0.05) is 32.6 Å². The number of rotatable bonds is 7. The maximum Gasteiger partial charge on any atom is 0.248 e. The van der Waals surface area contributed by atoms with Crippen LogP contribution in [-0.2, 0) is 16.1 Å². The molecule has 2 saturated heterocycles. The van der Waals surface area contributed by atoms with Crippen LogP contribution in [0.4, 0.5) is 0 Å². The molecule has 3 aliphatic rings. The van der Waals surface area contributed by atoms with Crippen molar-refractivity contribution in [2.75, 3.05) is 19.6 Å². The number of amides is 2. The first-order valence-electron chi connectivity index (χ1n) is 12.7. The van der Waals surface area contributed by atoms with Gasteiger partial charge >= 0.3 is 0 Å². The normalized spacial score (nSPS) is 24.5. The average molecular weight is 496 g/mol. The van der Waals surface area contributed by atoms with Crippen molar-refractivity contribution in [3.8, 4) is 0 Å². The van der Waals surface area contributed by atoms with Gasteiger partial charge in [-0.25, -0.2) is 0 Å². The molecule has 3 N–H and O–H groups in total. The number of likely N-dealkylation sites (tertiary alicyclic amines) is 1. The van der Waals surface area contributed by atoms with E-state index in [2.05, 4.69) is 17.1 Å². The number of unbranched alkanes of at least 4 members (excludes halogenated alkanes) is 1. The first-order valence-corrected chi connectivity index (χ1v) is 12.7. The fourth-order valence-electron chi connectivity index (χ4n) is 5.85. The van der Waals surface area contributed by atoms with E-state index in [9.17, 15) is 19.9 Å². The number of carbonyl (C=O) groups excluding carboxylic acids is 2. The quantitative estimate of drug-likeness (QED) is 0.397. The second kappa shape index (κ2) is 11.7. The van der Waals surface area contributed by atoms with Crippen LogP contribution in [0.3, 0.4) is 0 Å². The van der Waals surface area contributed by atoms with Gasteiger partial charge in [-0.3, -0.25) is 19.7 Å². The van der Waals surface area contributed by atoms with E-state index in [1.54, 1.807) is 12.4 Å². The van der Waals surface area contributed by atoms with Gasteiger partial charge in [-0.05, 0) is 43.6 Å². The van der Waals surface area contributed by atoms with Gasteiger partial charge in [0.05, 0.1) is 6.10 Å². The number of aliphatic hydroxyl groups excluding tert-OH is 1. The minimum atomic E-state index is -0.824. The van der Waals surface area contributed by atoms with Crippen LogP contribution in [0.1, 0.15) is 70.3 Å². The van der Waals surface area contributed by atoms with Gasteiger partial charge in [-0.15, -0.1) is 12.4 Å². The molecule has 1 aromatic heterocycles. The second-order valence-corrected chi connectivity index (χ2v) is 10.1. The summed E-state index contributed by atoms with van der Waals surface area (Å²) in [7, 11) is 0. The average Bonchev–Trinajstić information content (AvgIpc) is 2.84. The smallest absolute Gasteiger partial charge is 0.248 e. The van der Waals surface area contributed by atoms with Crippen LogP contribution in [0, 0.1) is 5.92 Å². The summed E-state index contributed by atoms with van der Waals surface area (Å²) in [6.45, 7) is 4.82. The molecular weight excluding hydrogens is 456 g/mol. The molecule has 9 heteroatoms. The minimum absolute atomic E-state index is 0. The number of nitrogens with zero attached hydrogens (tertiary/aromatic N) is 3. The van der Waals surface area contributed by atoms with Crippen LogP contribution in [0.5, 0.6) is 0 Å². The number of piperidine rings is 1.